The van der Waals surface area contributed by atoms with Crippen LogP contribution in [-0.2, 0) is 11.3 Å². The summed E-state index contributed by atoms with van der Waals surface area (Å²) in [5, 5.41) is 2.96. The third-order valence-corrected chi connectivity index (χ3v) is 4.07. The number of carbonyl (C=O) groups excluding carboxylic acids is 1. The van der Waals surface area contributed by atoms with E-state index in [1.54, 1.807) is 7.11 Å². The number of nitrogens with two attached hydrogens (primary N) is 1. The molecule has 0 spiro atoms. The van der Waals surface area contributed by atoms with E-state index < -0.39 is 0 Å². The summed E-state index contributed by atoms with van der Waals surface area (Å²) in [6, 6.07) is 8.36. The van der Waals surface area contributed by atoms with Gasteiger partial charge in [-0.2, -0.15) is 0 Å². The first-order chi connectivity index (χ1) is 10.1. The average molecular weight is 291 g/mol. The number of hydrogen-bond acceptors (Lipinski definition) is 4. The van der Waals surface area contributed by atoms with Crippen LogP contribution in [0.15, 0.2) is 24.3 Å². The van der Waals surface area contributed by atoms with Gasteiger partial charge in [0.05, 0.1) is 13.7 Å². The van der Waals surface area contributed by atoms with Crippen molar-refractivity contribution in [3.63, 3.8) is 0 Å². The molecule has 1 aliphatic rings. The van der Waals surface area contributed by atoms with Crippen LogP contribution in [0.1, 0.15) is 25.3 Å². The number of ether oxygens (including phenoxy) is 1. The van der Waals surface area contributed by atoms with Gasteiger partial charge in [-0.3, -0.25) is 9.69 Å². The number of hydrogen-bond donors (Lipinski definition) is 2. The standard InChI is InChI=1S/C16H25N3O2/c1-12-9-14(17)7-8-19(12)11-16(20)18-10-13-5-3-4-6-15(13)21-2/h3-6,12,14H,7-11,17H2,1-2H3,(H,18,20). The first-order valence-corrected chi connectivity index (χ1v) is 7.48. The number of nitrogens with zero attached hydrogens (tertiary/aromatic N) is 1. The summed E-state index contributed by atoms with van der Waals surface area (Å²) < 4.78 is 5.28. The van der Waals surface area contributed by atoms with Crippen molar-refractivity contribution in [2.45, 2.75) is 38.4 Å². The van der Waals surface area contributed by atoms with Crippen molar-refractivity contribution >= 4 is 5.91 Å². The lowest BCUT2D eigenvalue weighted by molar-refractivity contribution is -0.123. The van der Waals surface area contributed by atoms with E-state index in [1.807, 2.05) is 24.3 Å². The molecule has 1 amide bonds. The van der Waals surface area contributed by atoms with Crippen molar-refractivity contribution in [3.05, 3.63) is 29.8 Å². The van der Waals surface area contributed by atoms with Gasteiger partial charge in [0.2, 0.25) is 5.91 Å². The highest BCUT2D eigenvalue weighted by Crippen LogP contribution is 2.17. The van der Waals surface area contributed by atoms with Crippen molar-refractivity contribution < 1.29 is 9.53 Å². The first-order valence-electron chi connectivity index (χ1n) is 7.48. The Bertz CT molecular complexity index is 478. The minimum absolute atomic E-state index is 0.0447. The molecule has 0 saturated carbocycles. The molecule has 2 atom stereocenters. The second kappa shape index (κ2) is 7.43. The molecule has 5 nitrogen and oxygen atoms in total. The molecule has 3 N–H and O–H groups in total. The second-order valence-electron chi connectivity index (χ2n) is 5.69. The van der Waals surface area contributed by atoms with Crippen LogP contribution in [0.5, 0.6) is 5.75 Å². The highest BCUT2D eigenvalue weighted by atomic mass is 16.5. The molecule has 1 heterocycles. The Morgan fingerprint density at radius 1 is 1.48 bits per heavy atom. The summed E-state index contributed by atoms with van der Waals surface area (Å²) in [4.78, 5) is 14.3. The fraction of sp³-hybridized carbons (Fsp3) is 0.562. The van der Waals surface area contributed by atoms with Crippen molar-refractivity contribution in [1.29, 1.82) is 0 Å². The second-order valence-corrected chi connectivity index (χ2v) is 5.69. The SMILES string of the molecule is COc1ccccc1CNC(=O)CN1CCC(N)CC1C. The van der Waals surface area contributed by atoms with E-state index in [-0.39, 0.29) is 11.9 Å². The molecule has 116 valence electrons. The molecule has 1 fully saturated rings. The van der Waals surface area contributed by atoms with E-state index in [0.29, 0.717) is 19.1 Å². The van der Waals surface area contributed by atoms with Crippen LogP contribution in [0.25, 0.3) is 0 Å². The molecule has 0 aromatic heterocycles. The number of methoxy groups -OCH3 is 1. The van der Waals surface area contributed by atoms with Crippen LogP contribution in [-0.4, -0.2) is 43.1 Å². The summed E-state index contributed by atoms with van der Waals surface area (Å²) in [6.45, 7) is 3.95. The van der Waals surface area contributed by atoms with Gasteiger partial charge in [-0.1, -0.05) is 18.2 Å². The van der Waals surface area contributed by atoms with Gasteiger partial charge in [-0.15, -0.1) is 0 Å². The topological polar surface area (TPSA) is 67.6 Å². The van der Waals surface area contributed by atoms with Crippen LogP contribution in [0.4, 0.5) is 0 Å². The van der Waals surface area contributed by atoms with E-state index in [1.165, 1.54) is 0 Å². The van der Waals surface area contributed by atoms with Gasteiger partial charge in [0.15, 0.2) is 0 Å². The maximum absolute atomic E-state index is 12.1. The highest BCUT2D eigenvalue weighted by Gasteiger charge is 2.24. The monoisotopic (exact) mass is 291 g/mol. The van der Waals surface area contributed by atoms with Gasteiger partial charge in [-0.25, -0.2) is 0 Å². The summed E-state index contributed by atoms with van der Waals surface area (Å²) in [5.41, 5.74) is 6.93. The Kier molecular flexibility index (Phi) is 5.59. The Morgan fingerprint density at radius 2 is 2.24 bits per heavy atom. The number of piperidine rings is 1. The fourth-order valence-electron chi connectivity index (χ4n) is 2.78. The van der Waals surface area contributed by atoms with Gasteiger partial charge < -0.3 is 15.8 Å². The molecular formula is C16H25N3O2. The lowest BCUT2D eigenvalue weighted by Crippen LogP contribution is -2.49. The molecule has 1 aromatic carbocycles. The van der Waals surface area contributed by atoms with Crippen LogP contribution in [0.3, 0.4) is 0 Å². The number of nitrogens with one attached hydrogen (secondary N) is 1. The van der Waals surface area contributed by atoms with Crippen LogP contribution >= 0.6 is 0 Å². The van der Waals surface area contributed by atoms with Gasteiger partial charge in [0, 0.05) is 30.7 Å². The molecule has 5 heteroatoms. The number of benzene rings is 1. The highest BCUT2D eigenvalue weighted by molar-refractivity contribution is 5.78. The normalized spacial score (nSPS) is 22.8. The molecule has 0 aliphatic carbocycles. The average Bonchev–Trinajstić information content (AvgIpc) is 2.48. The first kappa shape index (κ1) is 15.8. The summed E-state index contributed by atoms with van der Waals surface area (Å²) in [5.74, 6) is 0.846. The Balaban J connectivity index is 1.82. The third kappa shape index (κ3) is 4.44. The molecule has 1 saturated heterocycles. The number of carbonyl (C=O) groups is 1. The van der Waals surface area contributed by atoms with Gasteiger partial charge in [0.1, 0.15) is 5.75 Å². The largest absolute Gasteiger partial charge is 0.496 e. The minimum atomic E-state index is 0.0447. The van der Waals surface area contributed by atoms with E-state index in [9.17, 15) is 4.79 Å². The number of para-hydroxylation sites is 1. The number of likely N-dealkylation sites (tertiary alicyclic amines) is 1. The lowest BCUT2D eigenvalue weighted by atomic mass is 9.99. The van der Waals surface area contributed by atoms with E-state index >= 15 is 0 Å². The smallest absolute Gasteiger partial charge is 0.234 e. The zero-order valence-electron chi connectivity index (χ0n) is 12.8. The molecule has 1 aliphatic heterocycles. The quantitative estimate of drug-likeness (QED) is 0.853. The van der Waals surface area contributed by atoms with Gasteiger partial charge >= 0.3 is 0 Å². The third-order valence-electron chi connectivity index (χ3n) is 4.07. The van der Waals surface area contributed by atoms with Crippen LogP contribution in [0.2, 0.25) is 0 Å². The Hall–Kier alpha value is -1.59. The molecule has 2 unspecified atom stereocenters. The van der Waals surface area contributed by atoms with Crippen molar-refractivity contribution in [3.8, 4) is 5.75 Å². The summed E-state index contributed by atoms with van der Waals surface area (Å²) >= 11 is 0. The maximum Gasteiger partial charge on any atom is 0.234 e. The van der Waals surface area contributed by atoms with Crippen molar-refractivity contribution in [2.75, 3.05) is 20.2 Å². The van der Waals surface area contributed by atoms with Crippen LogP contribution < -0.4 is 15.8 Å². The predicted octanol–water partition coefficient (Wildman–Crippen LogP) is 1.12. The van der Waals surface area contributed by atoms with Gasteiger partial charge in [0.25, 0.3) is 0 Å². The molecule has 21 heavy (non-hydrogen) atoms. The molecule has 0 bridgehead atoms. The number of rotatable bonds is 5. The zero-order valence-corrected chi connectivity index (χ0v) is 12.8. The van der Waals surface area contributed by atoms with E-state index in [0.717, 1.165) is 30.7 Å². The summed E-state index contributed by atoms with van der Waals surface area (Å²) in [7, 11) is 1.64. The van der Waals surface area contributed by atoms with E-state index in [4.69, 9.17) is 10.5 Å². The molecular weight excluding hydrogens is 266 g/mol. The zero-order chi connectivity index (χ0) is 15.2. The van der Waals surface area contributed by atoms with Crippen LogP contribution in [0, 0.1) is 0 Å². The maximum atomic E-state index is 12.1. The van der Waals surface area contributed by atoms with E-state index in [2.05, 4.69) is 17.1 Å². The van der Waals surface area contributed by atoms with Gasteiger partial charge in [-0.05, 0) is 25.8 Å². The Morgan fingerprint density at radius 3 is 2.95 bits per heavy atom. The summed E-state index contributed by atoms with van der Waals surface area (Å²) in [6.07, 6.45) is 1.92. The van der Waals surface area contributed by atoms with Crippen molar-refractivity contribution in [1.82, 2.24) is 10.2 Å². The van der Waals surface area contributed by atoms with Crippen molar-refractivity contribution in [2.24, 2.45) is 5.73 Å². The Labute approximate surface area is 126 Å². The number of amides is 1. The molecule has 0 radical (unpaired) electrons. The minimum Gasteiger partial charge on any atom is -0.496 e. The fourth-order valence-corrected chi connectivity index (χ4v) is 2.78. The molecule has 1 aromatic rings. The molecule has 2 rings (SSSR count). The predicted molar refractivity (Wildman–Crippen MR) is 83.1 cm³/mol. The lowest BCUT2D eigenvalue weighted by Gasteiger charge is -2.35.